The number of aromatic nitrogens is 1. The Hall–Kier alpha value is -4.07. The summed E-state index contributed by atoms with van der Waals surface area (Å²) in [5.41, 5.74) is 6.45. The van der Waals surface area contributed by atoms with Gasteiger partial charge in [-0.1, -0.05) is 48.2 Å². The molecule has 1 heterocycles. The second kappa shape index (κ2) is 9.43. The zero-order valence-electron chi connectivity index (χ0n) is 18.5. The Labute approximate surface area is 207 Å². The SMILES string of the molecule is Cc1nc2c(Br)cc(C#Cc3ccc(N(c4ccccc4)c4ccccc4)cc3)cc2cc1O. The number of fused-ring (bicyclic) bond motifs is 1. The molecular weight excluding hydrogens is 484 g/mol. The van der Waals surface area contributed by atoms with Crippen LogP contribution in [0.25, 0.3) is 10.9 Å². The smallest absolute Gasteiger partial charge is 0.137 e. The van der Waals surface area contributed by atoms with Crippen LogP contribution in [0.1, 0.15) is 16.8 Å². The largest absolute Gasteiger partial charge is 0.506 e. The monoisotopic (exact) mass is 504 g/mol. The van der Waals surface area contributed by atoms with E-state index in [1.165, 1.54) is 0 Å². The first-order chi connectivity index (χ1) is 16.6. The van der Waals surface area contributed by atoms with E-state index >= 15 is 0 Å². The number of pyridine rings is 1. The third kappa shape index (κ3) is 4.52. The minimum absolute atomic E-state index is 0.182. The average Bonchev–Trinajstić information content (AvgIpc) is 2.86. The molecule has 1 N–H and O–H groups in total. The molecule has 0 amide bonds. The molecule has 3 nitrogen and oxygen atoms in total. The van der Waals surface area contributed by atoms with Gasteiger partial charge in [0.25, 0.3) is 0 Å². The molecule has 0 aliphatic heterocycles. The Morgan fingerprint density at radius 2 is 1.26 bits per heavy atom. The van der Waals surface area contributed by atoms with Crippen molar-refractivity contribution in [2.75, 3.05) is 4.90 Å². The lowest BCUT2D eigenvalue weighted by Crippen LogP contribution is -2.09. The molecule has 0 spiro atoms. The van der Waals surface area contributed by atoms with E-state index in [1.54, 1.807) is 13.0 Å². The van der Waals surface area contributed by atoms with Gasteiger partial charge in [-0.25, -0.2) is 4.98 Å². The molecule has 5 aromatic rings. The van der Waals surface area contributed by atoms with Crippen LogP contribution in [0.15, 0.2) is 108 Å². The van der Waals surface area contributed by atoms with Crippen molar-refractivity contribution in [2.45, 2.75) is 6.92 Å². The number of benzene rings is 4. The van der Waals surface area contributed by atoms with Gasteiger partial charge in [-0.3, -0.25) is 0 Å². The molecule has 0 saturated carbocycles. The number of rotatable bonds is 3. The summed E-state index contributed by atoms with van der Waals surface area (Å²) in [4.78, 5) is 6.68. The van der Waals surface area contributed by atoms with Crippen molar-refractivity contribution in [3.05, 3.63) is 124 Å². The maximum Gasteiger partial charge on any atom is 0.137 e. The quantitative estimate of drug-likeness (QED) is 0.254. The fraction of sp³-hybridized carbons (Fsp3) is 0.0333. The summed E-state index contributed by atoms with van der Waals surface area (Å²) in [5.74, 6) is 6.67. The Morgan fingerprint density at radius 3 is 1.88 bits per heavy atom. The summed E-state index contributed by atoms with van der Waals surface area (Å²) in [6.45, 7) is 1.79. The highest BCUT2D eigenvalue weighted by molar-refractivity contribution is 9.10. The Kier molecular flexibility index (Phi) is 6.03. The number of aromatic hydroxyl groups is 1. The van der Waals surface area contributed by atoms with Gasteiger partial charge >= 0.3 is 0 Å². The van der Waals surface area contributed by atoms with E-state index in [4.69, 9.17) is 0 Å². The van der Waals surface area contributed by atoms with E-state index < -0.39 is 0 Å². The Balaban J connectivity index is 1.47. The molecule has 0 atom stereocenters. The van der Waals surface area contributed by atoms with Gasteiger partial charge in [0, 0.05) is 38.0 Å². The summed E-state index contributed by atoms with van der Waals surface area (Å²) in [7, 11) is 0. The number of hydrogen-bond acceptors (Lipinski definition) is 3. The van der Waals surface area contributed by atoms with Crippen LogP contribution < -0.4 is 4.90 Å². The van der Waals surface area contributed by atoms with Gasteiger partial charge in [-0.2, -0.15) is 0 Å². The predicted octanol–water partition coefficient (Wildman–Crippen LogP) is 7.88. The van der Waals surface area contributed by atoms with Crippen molar-refractivity contribution in [1.29, 1.82) is 0 Å². The first-order valence-corrected chi connectivity index (χ1v) is 11.7. The maximum absolute atomic E-state index is 10.0. The van der Waals surface area contributed by atoms with Crippen molar-refractivity contribution < 1.29 is 5.11 Å². The number of anilines is 3. The molecule has 0 unspecified atom stereocenters. The van der Waals surface area contributed by atoms with Gasteiger partial charge in [0.1, 0.15) is 5.75 Å². The standard InChI is InChI=1S/C30H21BrN2O/c1-21-29(34)20-24-18-23(19-28(31)30(24)32-21)13-12-22-14-16-27(17-15-22)33(25-8-4-2-5-9-25)26-10-6-3-7-11-26/h2-11,14-20,34H,1H3. The van der Waals surface area contributed by atoms with Gasteiger partial charge in [-0.15, -0.1) is 0 Å². The minimum atomic E-state index is 0.182. The summed E-state index contributed by atoms with van der Waals surface area (Å²) >= 11 is 3.59. The van der Waals surface area contributed by atoms with Gasteiger partial charge < -0.3 is 10.0 Å². The van der Waals surface area contributed by atoms with Crippen LogP contribution in [0.4, 0.5) is 17.1 Å². The Bertz CT molecular complexity index is 1480. The van der Waals surface area contributed by atoms with Crippen LogP contribution in [-0.2, 0) is 0 Å². The highest BCUT2D eigenvalue weighted by Crippen LogP contribution is 2.34. The third-order valence-electron chi connectivity index (χ3n) is 5.54. The summed E-state index contributed by atoms with van der Waals surface area (Å²) in [6.07, 6.45) is 0. The van der Waals surface area contributed by atoms with E-state index in [9.17, 15) is 5.11 Å². The molecule has 0 aliphatic carbocycles. The Morgan fingerprint density at radius 1 is 0.706 bits per heavy atom. The zero-order valence-corrected chi connectivity index (χ0v) is 20.1. The fourth-order valence-corrected chi connectivity index (χ4v) is 4.40. The van der Waals surface area contributed by atoms with Crippen molar-refractivity contribution in [3.63, 3.8) is 0 Å². The number of aryl methyl sites for hydroxylation is 1. The highest BCUT2D eigenvalue weighted by atomic mass is 79.9. The molecule has 4 aromatic carbocycles. The zero-order chi connectivity index (χ0) is 23.5. The number of para-hydroxylation sites is 2. The molecule has 0 saturated heterocycles. The van der Waals surface area contributed by atoms with E-state index in [1.807, 2.05) is 60.7 Å². The van der Waals surface area contributed by atoms with Crippen LogP contribution in [-0.4, -0.2) is 10.1 Å². The van der Waals surface area contributed by atoms with Gasteiger partial charge in [0.05, 0.1) is 11.2 Å². The molecule has 4 heteroatoms. The molecule has 5 rings (SSSR count). The molecule has 0 aliphatic rings. The minimum Gasteiger partial charge on any atom is -0.506 e. The summed E-state index contributed by atoms with van der Waals surface area (Å²) in [6, 6.07) is 34.5. The van der Waals surface area contributed by atoms with Crippen LogP contribution in [0.5, 0.6) is 5.75 Å². The molecule has 34 heavy (non-hydrogen) atoms. The third-order valence-corrected chi connectivity index (χ3v) is 6.15. The first kappa shape index (κ1) is 21.8. The van der Waals surface area contributed by atoms with Crippen LogP contribution in [0, 0.1) is 18.8 Å². The fourth-order valence-electron chi connectivity index (χ4n) is 3.84. The molecule has 1 aromatic heterocycles. The molecule has 0 radical (unpaired) electrons. The van der Waals surface area contributed by atoms with Crippen molar-refractivity contribution >= 4 is 43.9 Å². The molecule has 0 fully saturated rings. The van der Waals surface area contributed by atoms with Crippen molar-refractivity contribution in [1.82, 2.24) is 4.98 Å². The van der Waals surface area contributed by atoms with Crippen molar-refractivity contribution in [3.8, 4) is 17.6 Å². The van der Waals surface area contributed by atoms with Crippen molar-refractivity contribution in [2.24, 2.45) is 0 Å². The van der Waals surface area contributed by atoms with E-state index in [0.29, 0.717) is 5.69 Å². The predicted molar refractivity (Wildman–Crippen MR) is 143 cm³/mol. The molecule has 0 bridgehead atoms. The van der Waals surface area contributed by atoms with Gasteiger partial charge in [-0.05, 0) is 89.6 Å². The van der Waals surface area contributed by atoms with Gasteiger partial charge in [0.2, 0.25) is 0 Å². The highest BCUT2D eigenvalue weighted by Gasteiger charge is 2.11. The normalized spacial score (nSPS) is 10.5. The summed E-state index contributed by atoms with van der Waals surface area (Å²) in [5, 5.41) is 10.9. The van der Waals surface area contributed by atoms with E-state index in [0.717, 1.165) is 43.6 Å². The number of hydrogen-bond donors (Lipinski definition) is 1. The molecular formula is C30H21BrN2O. The average molecular weight is 505 g/mol. The van der Waals surface area contributed by atoms with Crippen LogP contribution >= 0.6 is 15.9 Å². The number of nitrogens with zero attached hydrogens (tertiary/aromatic N) is 2. The van der Waals surface area contributed by atoms with Crippen LogP contribution in [0.3, 0.4) is 0 Å². The first-order valence-electron chi connectivity index (χ1n) is 10.9. The second-order valence-corrected chi connectivity index (χ2v) is 8.78. The molecule has 164 valence electrons. The topological polar surface area (TPSA) is 36.4 Å². The lowest BCUT2D eigenvalue weighted by molar-refractivity contribution is 0.469. The maximum atomic E-state index is 10.0. The lowest BCUT2D eigenvalue weighted by Gasteiger charge is -2.25. The lowest BCUT2D eigenvalue weighted by atomic mass is 10.1. The van der Waals surface area contributed by atoms with E-state index in [2.05, 4.69) is 74.1 Å². The summed E-state index contributed by atoms with van der Waals surface area (Å²) < 4.78 is 0.856. The van der Waals surface area contributed by atoms with Gasteiger partial charge in [0.15, 0.2) is 0 Å². The second-order valence-electron chi connectivity index (χ2n) is 7.93. The van der Waals surface area contributed by atoms with E-state index in [-0.39, 0.29) is 5.75 Å². The van der Waals surface area contributed by atoms with Crippen LogP contribution in [0.2, 0.25) is 0 Å². The number of halogens is 1.